The van der Waals surface area contributed by atoms with E-state index in [1.807, 2.05) is 0 Å². The second-order valence-electron chi connectivity index (χ2n) is 6.35. The van der Waals surface area contributed by atoms with Crippen LogP contribution >= 0.6 is 0 Å². The van der Waals surface area contributed by atoms with Gasteiger partial charge in [-0.05, 0) is 18.2 Å². The fourth-order valence-electron chi connectivity index (χ4n) is 2.85. The molecular formula is C20H13F3N6O2. The van der Waals surface area contributed by atoms with Crippen LogP contribution in [0.15, 0.2) is 65.6 Å². The van der Waals surface area contributed by atoms with Gasteiger partial charge in [-0.3, -0.25) is 25.4 Å². The number of aromatic nitrogens is 4. The van der Waals surface area contributed by atoms with Crippen LogP contribution in [0.25, 0.3) is 22.4 Å². The number of amides is 1. The van der Waals surface area contributed by atoms with Crippen LogP contribution in [0.1, 0.15) is 16.1 Å². The molecule has 0 aliphatic rings. The summed E-state index contributed by atoms with van der Waals surface area (Å²) < 4.78 is 39.8. The Bertz CT molecular complexity index is 1320. The average molecular weight is 426 g/mol. The van der Waals surface area contributed by atoms with Gasteiger partial charge >= 0.3 is 6.18 Å². The molecule has 11 heteroatoms. The summed E-state index contributed by atoms with van der Waals surface area (Å²) in [6.45, 7) is 0. The summed E-state index contributed by atoms with van der Waals surface area (Å²) >= 11 is 0. The van der Waals surface area contributed by atoms with Gasteiger partial charge in [0.2, 0.25) is 5.56 Å². The fourth-order valence-corrected chi connectivity index (χ4v) is 2.85. The molecule has 4 aromatic rings. The summed E-state index contributed by atoms with van der Waals surface area (Å²) in [4.78, 5) is 38.5. The highest BCUT2D eigenvalue weighted by Crippen LogP contribution is 2.30. The van der Waals surface area contributed by atoms with Crippen LogP contribution in [0.5, 0.6) is 0 Å². The van der Waals surface area contributed by atoms with Crippen molar-refractivity contribution in [3.8, 4) is 11.5 Å². The normalized spacial score (nSPS) is 11.3. The quantitative estimate of drug-likeness (QED) is 0.432. The molecule has 0 aliphatic carbocycles. The lowest BCUT2D eigenvalue weighted by Crippen LogP contribution is -2.31. The number of benzene rings is 1. The number of nitrogens with zero attached hydrogens (tertiary/aromatic N) is 3. The Balaban J connectivity index is 1.66. The molecule has 0 fully saturated rings. The maximum atomic E-state index is 13.3. The molecule has 0 aliphatic heterocycles. The highest BCUT2D eigenvalue weighted by molar-refractivity contribution is 6.06. The van der Waals surface area contributed by atoms with Gasteiger partial charge in [0.15, 0.2) is 11.5 Å². The van der Waals surface area contributed by atoms with Crippen molar-refractivity contribution in [3.63, 3.8) is 0 Å². The Hall–Kier alpha value is -4.28. The van der Waals surface area contributed by atoms with E-state index in [4.69, 9.17) is 0 Å². The van der Waals surface area contributed by atoms with E-state index in [0.29, 0.717) is 17.0 Å². The first-order valence-corrected chi connectivity index (χ1v) is 8.87. The number of pyridine rings is 2. The van der Waals surface area contributed by atoms with Crippen molar-refractivity contribution in [2.45, 2.75) is 6.18 Å². The van der Waals surface area contributed by atoms with E-state index >= 15 is 0 Å². The minimum Gasteiger partial charge on any atom is -0.322 e. The predicted octanol–water partition coefficient (Wildman–Crippen LogP) is 3.16. The molecule has 3 N–H and O–H groups in total. The molecular weight excluding hydrogens is 413 g/mol. The number of alkyl halides is 3. The lowest BCUT2D eigenvalue weighted by molar-refractivity contribution is -0.141. The lowest BCUT2D eigenvalue weighted by Gasteiger charge is -2.13. The molecule has 156 valence electrons. The largest absolute Gasteiger partial charge is 0.433 e. The molecule has 0 atom stereocenters. The van der Waals surface area contributed by atoms with Crippen molar-refractivity contribution in [1.29, 1.82) is 0 Å². The highest BCUT2D eigenvalue weighted by Gasteiger charge is 2.34. The van der Waals surface area contributed by atoms with Gasteiger partial charge in [0.25, 0.3) is 5.91 Å². The molecule has 0 saturated heterocycles. The van der Waals surface area contributed by atoms with E-state index in [1.54, 1.807) is 36.4 Å². The molecule has 3 heterocycles. The van der Waals surface area contributed by atoms with Crippen LogP contribution in [0.2, 0.25) is 0 Å². The zero-order valence-electron chi connectivity index (χ0n) is 15.6. The Morgan fingerprint density at radius 3 is 2.52 bits per heavy atom. The molecule has 0 radical (unpaired) electrons. The standard InChI is InChI=1S/C20H13F3N6O2/c21-20(22,23)15-10-16(27-18(26-15)14-7-3-4-8-24-14)28-29-19(31)12-9-17(30)25-13-6-2-1-5-11(12)13/h1-10H,(H,25,30)(H,29,31)(H,26,27,28). The first kappa shape index (κ1) is 20.0. The zero-order valence-corrected chi connectivity index (χ0v) is 15.6. The van der Waals surface area contributed by atoms with E-state index in [-0.39, 0.29) is 22.9 Å². The lowest BCUT2D eigenvalue weighted by atomic mass is 10.1. The topological polar surface area (TPSA) is 113 Å². The smallest absolute Gasteiger partial charge is 0.322 e. The van der Waals surface area contributed by atoms with Crippen LogP contribution in [0.3, 0.4) is 0 Å². The van der Waals surface area contributed by atoms with Crippen molar-refractivity contribution < 1.29 is 18.0 Å². The number of hydrazine groups is 1. The highest BCUT2D eigenvalue weighted by atomic mass is 19.4. The van der Waals surface area contributed by atoms with Crippen molar-refractivity contribution in [1.82, 2.24) is 25.4 Å². The maximum Gasteiger partial charge on any atom is 0.433 e. The van der Waals surface area contributed by atoms with Gasteiger partial charge in [-0.2, -0.15) is 13.2 Å². The predicted molar refractivity (Wildman–Crippen MR) is 106 cm³/mol. The molecule has 1 amide bonds. The van der Waals surface area contributed by atoms with E-state index in [9.17, 15) is 22.8 Å². The maximum absolute atomic E-state index is 13.3. The number of hydrogen-bond donors (Lipinski definition) is 3. The molecule has 1 aromatic carbocycles. The van der Waals surface area contributed by atoms with Gasteiger partial charge in [0.1, 0.15) is 11.5 Å². The van der Waals surface area contributed by atoms with Gasteiger partial charge in [0, 0.05) is 29.2 Å². The monoisotopic (exact) mass is 426 g/mol. The minimum absolute atomic E-state index is 0.0434. The molecule has 0 unspecified atom stereocenters. The summed E-state index contributed by atoms with van der Waals surface area (Å²) in [6, 6.07) is 13.0. The first-order chi connectivity index (χ1) is 14.8. The van der Waals surface area contributed by atoms with Crippen molar-refractivity contribution in [2.24, 2.45) is 0 Å². The number of para-hydroxylation sites is 1. The first-order valence-electron chi connectivity index (χ1n) is 8.87. The van der Waals surface area contributed by atoms with Gasteiger partial charge < -0.3 is 4.98 Å². The molecule has 31 heavy (non-hydrogen) atoms. The molecule has 3 aromatic heterocycles. The Morgan fingerprint density at radius 1 is 1.00 bits per heavy atom. The van der Waals surface area contributed by atoms with Crippen molar-refractivity contribution >= 4 is 22.6 Å². The van der Waals surface area contributed by atoms with E-state index in [1.165, 1.54) is 12.3 Å². The van der Waals surface area contributed by atoms with Gasteiger partial charge in [-0.15, -0.1) is 0 Å². The van der Waals surface area contributed by atoms with Crippen LogP contribution in [-0.4, -0.2) is 25.8 Å². The molecule has 0 spiro atoms. The zero-order chi connectivity index (χ0) is 22.0. The average Bonchev–Trinajstić information content (AvgIpc) is 2.76. The van der Waals surface area contributed by atoms with Crippen LogP contribution in [0.4, 0.5) is 19.0 Å². The summed E-state index contributed by atoms with van der Waals surface area (Å²) in [5.41, 5.74) is 3.54. The summed E-state index contributed by atoms with van der Waals surface area (Å²) in [7, 11) is 0. The van der Waals surface area contributed by atoms with Crippen LogP contribution in [-0.2, 0) is 6.18 Å². The minimum atomic E-state index is -4.74. The number of nitrogens with one attached hydrogen (secondary N) is 3. The Labute approximate surface area is 172 Å². The summed E-state index contributed by atoms with van der Waals surface area (Å²) in [5, 5.41) is 0.467. The van der Waals surface area contributed by atoms with Crippen LogP contribution < -0.4 is 16.4 Å². The number of carbonyl (C=O) groups is 1. The Morgan fingerprint density at radius 2 is 1.77 bits per heavy atom. The third kappa shape index (κ3) is 4.34. The van der Waals surface area contributed by atoms with E-state index in [0.717, 1.165) is 6.07 Å². The van der Waals surface area contributed by atoms with E-state index < -0.39 is 23.3 Å². The molecule has 8 nitrogen and oxygen atoms in total. The Kier molecular flexibility index (Phi) is 5.07. The molecule has 4 rings (SSSR count). The van der Waals surface area contributed by atoms with Crippen molar-refractivity contribution in [3.05, 3.63) is 82.4 Å². The number of aromatic amines is 1. The number of hydrogen-bond acceptors (Lipinski definition) is 6. The summed E-state index contributed by atoms with van der Waals surface area (Å²) in [6.07, 6.45) is -3.35. The number of halogens is 3. The third-order valence-corrected chi connectivity index (χ3v) is 4.21. The number of rotatable bonds is 4. The third-order valence-electron chi connectivity index (χ3n) is 4.21. The molecule has 0 saturated carbocycles. The SMILES string of the molecule is O=C(NNc1cc(C(F)(F)F)nc(-c2ccccn2)n1)c1cc(=O)[nH]c2ccccc12. The van der Waals surface area contributed by atoms with Gasteiger partial charge in [-0.25, -0.2) is 9.97 Å². The van der Waals surface area contributed by atoms with E-state index in [2.05, 4.69) is 30.8 Å². The second-order valence-corrected chi connectivity index (χ2v) is 6.35. The summed E-state index contributed by atoms with van der Waals surface area (Å²) in [5.74, 6) is -1.30. The number of H-pyrrole nitrogens is 1. The number of fused-ring (bicyclic) bond motifs is 1. The van der Waals surface area contributed by atoms with Gasteiger partial charge in [-0.1, -0.05) is 24.3 Å². The number of anilines is 1. The van der Waals surface area contributed by atoms with Gasteiger partial charge in [0.05, 0.1) is 5.56 Å². The second kappa shape index (κ2) is 7.86. The van der Waals surface area contributed by atoms with Crippen LogP contribution in [0, 0.1) is 0 Å². The number of carbonyl (C=O) groups excluding carboxylic acids is 1. The molecule has 0 bridgehead atoms. The fraction of sp³-hybridized carbons (Fsp3) is 0.0500. The van der Waals surface area contributed by atoms with Crippen molar-refractivity contribution in [2.75, 3.05) is 5.43 Å².